The summed E-state index contributed by atoms with van der Waals surface area (Å²) in [5.41, 5.74) is 1.35. The van der Waals surface area contributed by atoms with Gasteiger partial charge in [0.25, 0.3) is 0 Å². The van der Waals surface area contributed by atoms with Crippen LogP contribution in [0.15, 0.2) is 42.5 Å². The smallest absolute Gasteiger partial charge is 0.219 e. The molecular formula is C24H32N2O2. The van der Waals surface area contributed by atoms with Gasteiger partial charge in [0.05, 0.1) is 12.7 Å². The molecule has 150 valence electrons. The van der Waals surface area contributed by atoms with Gasteiger partial charge in [-0.25, -0.2) is 0 Å². The lowest BCUT2D eigenvalue weighted by atomic mass is 9.90. The minimum Gasteiger partial charge on any atom is -0.376 e. The molecular weight excluding hydrogens is 348 g/mol. The van der Waals surface area contributed by atoms with Crippen molar-refractivity contribution >= 4 is 16.7 Å². The van der Waals surface area contributed by atoms with Crippen molar-refractivity contribution in [2.45, 2.75) is 51.2 Å². The van der Waals surface area contributed by atoms with E-state index in [4.69, 9.17) is 4.74 Å². The number of hydrogen-bond donors (Lipinski definition) is 0. The van der Waals surface area contributed by atoms with Gasteiger partial charge in [0.1, 0.15) is 0 Å². The first-order valence-corrected chi connectivity index (χ1v) is 10.8. The highest BCUT2D eigenvalue weighted by Crippen LogP contribution is 2.27. The highest BCUT2D eigenvalue weighted by Gasteiger charge is 2.33. The Morgan fingerprint density at radius 3 is 2.54 bits per heavy atom. The number of ether oxygens (including phenoxy) is 1. The van der Waals surface area contributed by atoms with E-state index >= 15 is 0 Å². The fraction of sp³-hybridized carbons (Fsp3) is 0.542. The summed E-state index contributed by atoms with van der Waals surface area (Å²) in [6.07, 6.45) is 6.24. The molecule has 0 bridgehead atoms. The maximum atomic E-state index is 11.6. The van der Waals surface area contributed by atoms with Crippen LogP contribution in [0, 0.1) is 0 Å². The van der Waals surface area contributed by atoms with Gasteiger partial charge in [0, 0.05) is 39.1 Å². The largest absolute Gasteiger partial charge is 0.376 e. The lowest BCUT2D eigenvalue weighted by Crippen LogP contribution is -2.55. The number of rotatable bonds is 5. The van der Waals surface area contributed by atoms with E-state index in [1.807, 2.05) is 4.90 Å². The molecule has 0 N–H and O–H groups in total. The van der Waals surface area contributed by atoms with Crippen LogP contribution in [-0.2, 0) is 16.0 Å². The Morgan fingerprint density at radius 1 is 1.00 bits per heavy atom. The molecule has 4 nitrogen and oxygen atoms in total. The van der Waals surface area contributed by atoms with E-state index in [0.29, 0.717) is 12.1 Å². The third-order valence-electron chi connectivity index (χ3n) is 6.43. The Balaban J connectivity index is 1.31. The van der Waals surface area contributed by atoms with E-state index in [9.17, 15) is 4.79 Å². The van der Waals surface area contributed by atoms with Crippen molar-refractivity contribution in [2.75, 3.05) is 32.8 Å². The molecule has 2 atom stereocenters. The standard InChI is InChI=1S/C24H32N2O2/c1-19(27)25-13-15-26(16-14-25)23-8-4-5-9-24(23)28-17-12-20-10-11-21-6-2-3-7-22(21)18-20/h2-3,6-7,10-11,18,23-24H,4-5,8-9,12-17H2,1H3/t23-,24-/m1/s1. The molecule has 0 aromatic heterocycles. The minimum absolute atomic E-state index is 0.200. The molecule has 2 fully saturated rings. The van der Waals surface area contributed by atoms with Gasteiger partial charge in [-0.2, -0.15) is 0 Å². The number of fused-ring (bicyclic) bond motifs is 1. The highest BCUT2D eigenvalue weighted by molar-refractivity contribution is 5.82. The van der Waals surface area contributed by atoms with Crippen molar-refractivity contribution in [1.82, 2.24) is 9.80 Å². The fourth-order valence-electron chi connectivity index (χ4n) is 4.78. The van der Waals surface area contributed by atoms with Crippen molar-refractivity contribution in [1.29, 1.82) is 0 Å². The third kappa shape index (κ3) is 4.56. The van der Waals surface area contributed by atoms with Crippen LogP contribution in [0.25, 0.3) is 10.8 Å². The molecule has 4 heteroatoms. The van der Waals surface area contributed by atoms with Crippen LogP contribution >= 0.6 is 0 Å². The van der Waals surface area contributed by atoms with Crippen molar-refractivity contribution in [3.8, 4) is 0 Å². The van der Waals surface area contributed by atoms with Crippen LogP contribution in [0.4, 0.5) is 0 Å². The van der Waals surface area contributed by atoms with Crippen molar-refractivity contribution < 1.29 is 9.53 Å². The lowest BCUT2D eigenvalue weighted by Gasteiger charge is -2.43. The molecule has 1 saturated carbocycles. The van der Waals surface area contributed by atoms with Crippen molar-refractivity contribution in [2.24, 2.45) is 0 Å². The second kappa shape index (κ2) is 9.06. The Bertz CT molecular complexity index is 798. The maximum absolute atomic E-state index is 11.6. The molecule has 0 unspecified atom stereocenters. The van der Waals surface area contributed by atoms with E-state index in [1.54, 1.807) is 6.92 Å². The molecule has 0 radical (unpaired) electrons. The summed E-state index contributed by atoms with van der Waals surface area (Å²) in [7, 11) is 0. The number of carbonyl (C=O) groups excluding carboxylic acids is 1. The Kier molecular flexibility index (Phi) is 6.28. The second-order valence-electron chi connectivity index (χ2n) is 8.23. The summed E-state index contributed by atoms with van der Waals surface area (Å²) in [6.45, 7) is 6.14. The minimum atomic E-state index is 0.200. The predicted molar refractivity (Wildman–Crippen MR) is 113 cm³/mol. The average molecular weight is 381 g/mol. The predicted octanol–water partition coefficient (Wildman–Crippen LogP) is 3.87. The van der Waals surface area contributed by atoms with E-state index in [0.717, 1.165) is 45.6 Å². The van der Waals surface area contributed by atoms with Gasteiger partial charge in [-0.15, -0.1) is 0 Å². The lowest BCUT2D eigenvalue weighted by molar-refractivity contribution is -0.131. The number of piperazine rings is 1. The van der Waals surface area contributed by atoms with Crippen LogP contribution in [-0.4, -0.2) is 60.6 Å². The molecule has 2 aromatic rings. The van der Waals surface area contributed by atoms with Gasteiger partial charge < -0.3 is 9.64 Å². The highest BCUT2D eigenvalue weighted by atomic mass is 16.5. The maximum Gasteiger partial charge on any atom is 0.219 e. The first-order valence-electron chi connectivity index (χ1n) is 10.8. The van der Waals surface area contributed by atoms with E-state index < -0.39 is 0 Å². The topological polar surface area (TPSA) is 32.8 Å². The number of carbonyl (C=O) groups is 1. The van der Waals surface area contributed by atoms with Gasteiger partial charge in [-0.3, -0.25) is 9.69 Å². The molecule has 28 heavy (non-hydrogen) atoms. The van der Waals surface area contributed by atoms with Crippen LogP contribution in [0.2, 0.25) is 0 Å². The molecule has 1 saturated heterocycles. The second-order valence-corrected chi connectivity index (χ2v) is 8.23. The quantitative estimate of drug-likeness (QED) is 0.789. The molecule has 1 amide bonds. The summed E-state index contributed by atoms with van der Waals surface area (Å²) in [5, 5.41) is 2.60. The van der Waals surface area contributed by atoms with Gasteiger partial charge in [0.15, 0.2) is 0 Å². The fourth-order valence-corrected chi connectivity index (χ4v) is 4.78. The van der Waals surface area contributed by atoms with E-state index in [1.165, 1.54) is 35.6 Å². The van der Waals surface area contributed by atoms with Crippen molar-refractivity contribution in [3.05, 3.63) is 48.0 Å². The number of amides is 1. The summed E-state index contributed by atoms with van der Waals surface area (Å²) >= 11 is 0. The molecule has 0 spiro atoms. The number of benzene rings is 2. The number of nitrogens with zero attached hydrogens (tertiary/aromatic N) is 2. The SMILES string of the molecule is CC(=O)N1CCN([C@@H]2CCCC[C@H]2OCCc2ccc3ccccc3c2)CC1. The Labute approximate surface area is 168 Å². The first kappa shape index (κ1) is 19.4. The third-order valence-corrected chi connectivity index (χ3v) is 6.43. The summed E-state index contributed by atoms with van der Waals surface area (Å²) in [5.74, 6) is 0.200. The molecule has 2 aliphatic rings. The average Bonchev–Trinajstić information content (AvgIpc) is 2.74. The monoisotopic (exact) mass is 380 g/mol. The van der Waals surface area contributed by atoms with Crippen molar-refractivity contribution in [3.63, 3.8) is 0 Å². The first-order chi connectivity index (χ1) is 13.7. The summed E-state index contributed by atoms with van der Waals surface area (Å²) < 4.78 is 6.42. The zero-order valence-corrected chi connectivity index (χ0v) is 17.0. The number of hydrogen-bond acceptors (Lipinski definition) is 3. The van der Waals surface area contributed by atoms with Crippen LogP contribution in [0.1, 0.15) is 38.2 Å². The molecule has 1 aliphatic carbocycles. The van der Waals surface area contributed by atoms with Gasteiger partial charge in [-0.05, 0) is 35.6 Å². The zero-order valence-electron chi connectivity index (χ0n) is 17.0. The van der Waals surface area contributed by atoms with E-state index in [2.05, 4.69) is 47.4 Å². The van der Waals surface area contributed by atoms with E-state index in [-0.39, 0.29) is 5.91 Å². The summed E-state index contributed by atoms with van der Waals surface area (Å²) in [6, 6.07) is 15.8. The molecule has 4 rings (SSSR count). The zero-order chi connectivity index (χ0) is 19.3. The van der Waals surface area contributed by atoms with Gasteiger partial charge >= 0.3 is 0 Å². The van der Waals surface area contributed by atoms with Crippen LogP contribution in [0.3, 0.4) is 0 Å². The van der Waals surface area contributed by atoms with Crippen LogP contribution < -0.4 is 0 Å². The Hall–Kier alpha value is -1.91. The van der Waals surface area contributed by atoms with Gasteiger partial charge in [-0.1, -0.05) is 55.3 Å². The summed E-state index contributed by atoms with van der Waals surface area (Å²) in [4.78, 5) is 16.1. The molecule has 2 aromatic carbocycles. The molecule has 1 heterocycles. The van der Waals surface area contributed by atoms with Gasteiger partial charge in [0.2, 0.25) is 5.91 Å². The normalized spacial score (nSPS) is 23.8. The molecule has 1 aliphatic heterocycles. The van der Waals surface area contributed by atoms with Crippen LogP contribution in [0.5, 0.6) is 0 Å². The Morgan fingerprint density at radius 2 is 1.75 bits per heavy atom.